The first-order valence-electron chi connectivity index (χ1n) is 7.98. The number of rotatable bonds is 2. The van der Waals surface area contributed by atoms with E-state index in [0.717, 1.165) is 11.3 Å². The van der Waals surface area contributed by atoms with Gasteiger partial charge in [0.05, 0.1) is 24.1 Å². The van der Waals surface area contributed by atoms with Crippen molar-refractivity contribution >= 4 is 5.69 Å². The molecular weight excluding hydrogens is 324 g/mol. The number of hydrogen-bond donors (Lipinski definition) is 0. The molecule has 1 aliphatic heterocycles. The van der Waals surface area contributed by atoms with Gasteiger partial charge in [0, 0.05) is 18.9 Å². The molecule has 0 bridgehead atoms. The molecule has 25 heavy (non-hydrogen) atoms. The molecule has 1 atom stereocenters. The monoisotopic (exact) mass is 339 g/mol. The molecule has 0 N–H and O–H groups in total. The van der Waals surface area contributed by atoms with Crippen molar-refractivity contribution in [2.45, 2.75) is 19.4 Å². The number of halogens is 2. The minimum Gasteiger partial charge on any atom is -0.362 e. The minimum absolute atomic E-state index is 0.0960. The summed E-state index contributed by atoms with van der Waals surface area (Å²) in [6, 6.07) is 4.46. The minimum atomic E-state index is -0.796. The Bertz CT molecular complexity index is 899. The molecule has 2 aromatic heterocycles. The average Bonchev–Trinajstić information content (AvgIpc) is 2.66. The molecule has 0 aliphatic carbocycles. The highest BCUT2D eigenvalue weighted by atomic mass is 19.2. The number of nitrogens with zero attached hydrogens (tertiary/aromatic N) is 5. The summed E-state index contributed by atoms with van der Waals surface area (Å²) < 4.78 is 27.4. The summed E-state index contributed by atoms with van der Waals surface area (Å²) in [4.78, 5) is 19.0. The number of anilines is 1. The Labute approximate surface area is 143 Å². The molecular formula is C18H15F2N5. The fourth-order valence-electron chi connectivity index (χ4n) is 3.20. The third-order valence-corrected chi connectivity index (χ3v) is 4.49. The van der Waals surface area contributed by atoms with Crippen molar-refractivity contribution in [3.05, 3.63) is 65.7 Å². The molecule has 1 aliphatic rings. The number of aromatic nitrogens is 4. The van der Waals surface area contributed by atoms with Gasteiger partial charge in [-0.3, -0.25) is 0 Å². The second-order valence-corrected chi connectivity index (χ2v) is 5.89. The van der Waals surface area contributed by atoms with Crippen LogP contribution in [0.4, 0.5) is 14.5 Å². The van der Waals surface area contributed by atoms with Gasteiger partial charge in [-0.1, -0.05) is 6.07 Å². The smallest absolute Gasteiger partial charge is 0.197 e. The van der Waals surface area contributed by atoms with Gasteiger partial charge >= 0.3 is 0 Å². The van der Waals surface area contributed by atoms with Crippen LogP contribution in [-0.2, 0) is 6.42 Å². The fourth-order valence-corrected chi connectivity index (χ4v) is 3.20. The van der Waals surface area contributed by atoms with E-state index in [1.165, 1.54) is 6.07 Å². The molecule has 3 aromatic rings. The first-order chi connectivity index (χ1) is 12.1. The van der Waals surface area contributed by atoms with Crippen LogP contribution in [0, 0.1) is 11.6 Å². The van der Waals surface area contributed by atoms with E-state index in [0.29, 0.717) is 30.2 Å². The maximum atomic E-state index is 14.0. The highest BCUT2D eigenvalue weighted by molar-refractivity contribution is 5.52. The van der Waals surface area contributed by atoms with E-state index in [4.69, 9.17) is 0 Å². The summed E-state index contributed by atoms with van der Waals surface area (Å²) >= 11 is 0. The standard InChI is InChI=1S/C18H15F2N5/c1-11-13-3-4-15(19)16(20)14(13)5-8-25(11)12-9-23-18(24-10-12)17-21-6-2-7-22-17/h2-4,6-7,9-11H,5,8H2,1H3. The molecule has 0 saturated carbocycles. The Kier molecular flexibility index (Phi) is 3.83. The number of hydrogen-bond acceptors (Lipinski definition) is 5. The highest BCUT2D eigenvalue weighted by Crippen LogP contribution is 2.34. The van der Waals surface area contributed by atoms with Gasteiger partial charge in [0.2, 0.25) is 0 Å². The predicted octanol–water partition coefficient (Wildman–Crippen LogP) is 3.34. The average molecular weight is 339 g/mol. The molecule has 3 heterocycles. The van der Waals surface area contributed by atoms with Gasteiger partial charge < -0.3 is 4.90 Å². The fraction of sp³-hybridized carbons (Fsp3) is 0.222. The summed E-state index contributed by atoms with van der Waals surface area (Å²) in [5.41, 5.74) is 2.07. The lowest BCUT2D eigenvalue weighted by Crippen LogP contribution is -2.34. The second kappa shape index (κ2) is 6.16. The van der Waals surface area contributed by atoms with E-state index in [9.17, 15) is 8.78 Å². The molecule has 0 amide bonds. The van der Waals surface area contributed by atoms with Crippen LogP contribution >= 0.6 is 0 Å². The molecule has 0 fully saturated rings. The van der Waals surface area contributed by atoms with Crippen LogP contribution < -0.4 is 4.90 Å². The van der Waals surface area contributed by atoms with E-state index >= 15 is 0 Å². The van der Waals surface area contributed by atoms with Gasteiger partial charge in [-0.05, 0) is 36.6 Å². The highest BCUT2D eigenvalue weighted by Gasteiger charge is 2.27. The zero-order chi connectivity index (χ0) is 17.4. The largest absolute Gasteiger partial charge is 0.362 e. The Morgan fingerprint density at radius 3 is 2.40 bits per heavy atom. The summed E-state index contributed by atoms with van der Waals surface area (Å²) in [6.07, 6.45) is 7.13. The van der Waals surface area contributed by atoms with Gasteiger partial charge in [0.25, 0.3) is 0 Å². The van der Waals surface area contributed by atoms with E-state index in [2.05, 4.69) is 24.8 Å². The molecule has 0 radical (unpaired) electrons. The van der Waals surface area contributed by atoms with Gasteiger partial charge in [0.15, 0.2) is 23.3 Å². The number of benzene rings is 1. The Balaban J connectivity index is 1.63. The maximum Gasteiger partial charge on any atom is 0.197 e. The molecule has 1 aromatic carbocycles. The van der Waals surface area contributed by atoms with Crippen LogP contribution in [0.3, 0.4) is 0 Å². The molecule has 0 saturated heterocycles. The Hall–Kier alpha value is -2.96. The van der Waals surface area contributed by atoms with Crippen molar-refractivity contribution in [1.29, 1.82) is 0 Å². The Morgan fingerprint density at radius 2 is 1.68 bits per heavy atom. The van der Waals surface area contributed by atoms with Crippen molar-refractivity contribution in [3.8, 4) is 11.6 Å². The van der Waals surface area contributed by atoms with E-state index in [1.54, 1.807) is 36.9 Å². The van der Waals surface area contributed by atoms with E-state index < -0.39 is 11.6 Å². The molecule has 0 spiro atoms. The first kappa shape index (κ1) is 15.6. The third-order valence-electron chi connectivity index (χ3n) is 4.49. The lowest BCUT2D eigenvalue weighted by Gasteiger charge is -2.36. The van der Waals surface area contributed by atoms with Crippen molar-refractivity contribution in [2.75, 3.05) is 11.4 Å². The topological polar surface area (TPSA) is 54.8 Å². The van der Waals surface area contributed by atoms with Crippen molar-refractivity contribution in [1.82, 2.24) is 19.9 Å². The molecule has 5 nitrogen and oxygen atoms in total. The van der Waals surface area contributed by atoms with Gasteiger partial charge in [-0.15, -0.1) is 0 Å². The van der Waals surface area contributed by atoms with Gasteiger partial charge in [-0.25, -0.2) is 28.7 Å². The first-order valence-corrected chi connectivity index (χ1v) is 7.98. The molecule has 126 valence electrons. The SMILES string of the molecule is CC1c2ccc(F)c(F)c2CCN1c1cnc(-c2ncccn2)nc1. The molecule has 7 heteroatoms. The summed E-state index contributed by atoms with van der Waals surface area (Å²) in [7, 11) is 0. The van der Waals surface area contributed by atoms with Gasteiger partial charge in [0.1, 0.15) is 0 Å². The third kappa shape index (κ3) is 2.71. The van der Waals surface area contributed by atoms with Crippen LogP contribution in [0.2, 0.25) is 0 Å². The lowest BCUT2D eigenvalue weighted by atomic mass is 9.92. The Morgan fingerprint density at radius 1 is 1.00 bits per heavy atom. The predicted molar refractivity (Wildman–Crippen MR) is 88.9 cm³/mol. The van der Waals surface area contributed by atoms with E-state index in [-0.39, 0.29) is 6.04 Å². The molecule has 1 unspecified atom stereocenters. The number of fused-ring (bicyclic) bond motifs is 1. The summed E-state index contributed by atoms with van der Waals surface area (Å²) in [6.45, 7) is 2.53. The zero-order valence-electron chi connectivity index (χ0n) is 13.5. The van der Waals surface area contributed by atoms with Crippen molar-refractivity contribution in [3.63, 3.8) is 0 Å². The lowest BCUT2D eigenvalue weighted by molar-refractivity contribution is 0.484. The zero-order valence-corrected chi connectivity index (χ0v) is 13.5. The molecule has 4 rings (SSSR count). The van der Waals surface area contributed by atoms with E-state index in [1.807, 2.05) is 6.92 Å². The van der Waals surface area contributed by atoms with Crippen LogP contribution in [0.5, 0.6) is 0 Å². The quantitative estimate of drug-likeness (QED) is 0.717. The normalized spacial score (nSPS) is 16.6. The van der Waals surface area contributed by atoms with Crippen LogP contribution in [0.1, 0.15) is 24.1 Å². The van der Waals surface area contributed by atoms with Crippen LogP contribution in [0.15, 0.2) is 43.0 Å². The summed E-state index contributed by atoms with van der Waals surface area (Å²) in [5, 5.41) is 0. The van der Waals surface area contributed by atoms with Crippen LogP contribution in [-0.4, -0.2) is 26.5 Å². The van der Waals surface area contributed by atoms with Crippen molar-refractivity contribution in [2.24, 2.45) is 0 Å². The maximum absolute atomic E-state index is 14.0. The van der Waals surface area contributed by atoms with Gasteiger partial charge in [-0.2, -0.15) is 0 Å². The van der Waals surface area contributed by atoms with Crippen LogP contribution in [0.25, 0.3) is 11.6 Å². The summed E-state index contributed by atoms with van der Waals surface area (Å²) in [5.74, 6) is -0.627. The second-order valence-electron chi connectivity index (χ2n) is 5.89. The van der Waals surface area contributed by atoms with Crippen molar-refractivity contribution < 1.29 is 8.78 Å².